The lowest BCUT2D eigenvalue weighted by atomic mass is 9.75. The van der Waals surface area contributed by atoms with Gasteiger partial charge >= 0.3 is 0 Å². The van der Waals surface area contributed by atoms with E-state index in [0.29, 0.717) is 12.3 Å². The molecule has 0 spiro atoms. The Morgan fingerprint density at radius 1 is 1.45 bits per heavy atom. The average Bonchev–Trinajstić information content (AvgIpc) is 1.88. The third-order valence-corrected chi connectivity index (χ3v) is 2.74. The topological polar surface area (TPSA) is 20.2 Å². The van der Waals surface area contributed by atoms with Crippen molar-refractivity contribution in [2.45, 2.75) is 40.2 Å². The number of rotatable bonds is 4. The molecule has 0 aliphatic carbocycles. The summed E-state index contributed by atoms with van der Waals surface area (Å²) in [6, 6.07) is 0. The molecule has 0 aromatic heterocycles. The Morgan fingerprint density at radius 3 is 2.18 bits per heavy atom. The van der Waals surface area contributed by atoms with Crippen molar-refractivity contribution in [2.24, 2.45) is 11.3 Å². The van der Waals surface area contributed by atoms with Crippen LogP contribution in [0.25, 0.3) is 0 Å². The normalized spacial score (nSPS) is 15.1. The zero-order valence-electron chi connectivity index (χ0n) is 8.09. The van der Waals surface area contributed by atoms with Gasteiger partial charge < -0.3 is 5.11 Å². The lowest BCUT2D eigenvalue weighted by Crippen LogP contribution is -2.33. The summed E-state index contributed by atoms with van der Waals surface area (Å²) in [6.07, 6.45) is 2.19. The SMILES string of the molecule is C=CCC(O)C(C)(C)C(C)C. The molecule has 1 N–H and O–H groups in total. The molecule has 1 unspecified atom stereocenters. The van der Waals surface area contributed by atoms with Crippen molar-refractivity contribution >= 4 is 0 Å². The molecular formula is C10H20O. The molecule has 0 radical (unpaired) electrons. The third-order valence-electron chi connectivity index (χ3n) is 2.74. The molecule has 1 atom stereocenters. The molecular weight excluding hydrogens is 136 g/mol. The minimum atomic E-state index is -0.264. The quantitative estimate of drug-likeness (QED) is 0.620. The van der Waals surface area contributed by atoms with Gasteiger partial charge in [-0.25, -0.2) is 0 Å². The molecule has 0 aliphatic rings. The van der Waals surface area contributed by atoms with Gasteiger partial charge in [-0.15, -0.1) is 6.58 Å². The highest BCUT2D eigenvalue weighted by Crippen LogP contribution is 2.31. The molecule has 0 aromatic rings. The monoisotopic (exact) mass is 156 g/mol. The predicted molar refractivity (Wildman–Crippen MR) is 49.4 cm³/mol. The van der Waals surface area contributed by atoms with E-state index >= 15 is 0 Å². The highest BCUT2D eigenvalue weighted by atomic mass is 16.3. The minimum Gasteiger partial charge on any atom is -0.392 e. The minimum absolute atomic E-state index is 0.00576. The van der Waals surface area contributed by atoms with E-state index in [9.17, 15) is 5.11 Å². The van der Waals surface area contributed by atoms with Crippen LogP contribution in [-0.4, -0.2) is 11.2 Å². The van der Waals surface area contributed by atoms with Crippen LogP contribution < -0.4 is 0 Å². The van der Waals surface area contributed by atoms with E-state index in [1.54, 1.807) is 6.08 Å². The number of hydrogen-bond donors (Lipinski definition) is 1. The van der Waals surface area contributed by atoms with Crippen molar-refractivity contribution in [1.82, 2.24) is 0 Å². The molecule has 0 heterocycles. The molecule has 0 saturated heterocycles. The van der Waals surface area contributed by atoms with Gasteiger partial charge in [-0.2, -0.15) is 0 Å². The first kappa shape index (κ1) is 10.7. The molecule has 0 bridgehead atoms. The number of hydrogen-bond acceptors (Lipinski definition) is 1. The van der Waals surface area contributed by atoms with Crippen molar-refractivity contribution in [2.75, 3.05) is 0 Å². The van der Waals surface area contributed by atoms with Crippen LogP contribution in [0, 0.1) is 11.3 Å². The van der Waals surface area contributed by atoms with Crippen molar-refractivity contribution < 1.29 is 5.11 Å². The van der Waals surface area contributed by atoms with Gasteiger partial charge in [0.25, 0.3) is 0 Å². The van der Waals surface area contributed by atoms with Gasteiger partial charge in [-0.3, -0.25) is 0 Å². The number of aliphatic hydroxyl groups excluding tert-OH is 1. The van der Waals surface area contributed by atoms with E-state index in [4.69, 9.17) is 0 Å². The summed E-state index contributed by atoms with van der Waals surface area (Å²) in [5.74, 6) is 0.498. The maximum atomic E-state index is 9.68. The van der Waals surface area contributed by atoms with E-state index in [-0.39, 0.29) is 11.5 Å². The van der Waals surface area contributed by atoms with Crippen LogP contribution in [0.1, 0.15) is 34.1 Å². The lowest BCUT2D eigenvalue weighted by Gasteiger charge is -2.34. The van der Waals surface area contributed by atoms with E-state index < -0.39 is 0 Å². The lowest BCUT2D eigenvalue weighted by molar-refractivity contribution is 0.0198. The Bertz CT molecular complexity index is 125. The molecule has 0 amide bonds. The van der Waals surface area contributed by atoms with Gasteiger partial charge in [-0.1, -0.05) is 33.8 Å². The molecule has 1 nitrogen and oxygen atoms in total. The fraction of sp³-hybridized carbons (Fsp3) is 0.800. The molecule has 66 valence electrons. The summed E-state index contributed by atoms with van der Waals surface area (Å²) < 4.78 is 0. The van der Waals surface area contributed by atoms with Gasteiger partial charge in [0.1, 0.15) is 0 Å². The first-order valence-electron chi connectivity index (χ1n) is 4.21. The van der Waals surface area contributed by atoms with Crippen LogP contribution in [0.15, 0.2) is 12.7 Å². The summed E-state index contributed by atoms with van der Waals surface area (Å²) in [5.41, 5.74) is -0.00576. The number of aliphatic hydroxyl groups is 1. The highest BCUT2D eigenvalue weighted by Gasteiger charge is 2.29. The van der Waals surface area contributed by atoms with Crippen molar-refractivity contribution in [3.63, 3.8) is 0 Å². The second-order valence-corrected chi connectivity index (χ2v) is 4.02. The fourth-order valence-corrected chi connectivity index (χ4v) is 0.846. The summed E-state index contributed by atoms with van der Waals surface area (Å²) in [6.45, 7) is 12.1. The van der Waals surface area contributed by atoms with Gasteiger partial charge in [0.15, 0.2) is 0 Å². The van der Waals surface area contributed by atoms with Crippen LogP contribution >= 0.6 is 0 Å². The average molecular weight is 156 g/mol. The van der Waals surface area contributed by atoms with Crippen LogP contribution in [0.2, 0.25) is 0 Å². The molecule has 11 heavy (non-hydrogen) atoms. The third kappa shape index (κ3) is 2.66. The van der Waals surface area contributed by atoms with Gasteiger partial charge in [0.2, 0.25) is 0 Å². The first-order chi connectivity index (χ1) is 4.92. The molecule has 0 rings (SSSR count). The van der Waals surface area contributed by atoms with E-state index in [0.717, 1.165) is 0 Å². The molecule has 1 heteroatoms. The Kier molecular flexibility index (Phi) is 3.81. The van der Waals surface area contributed by atoms with Gasteiger partial charge in [0.05, 0.1) is 6.10 Å². The second-order valence-electron chi connectivity index (χ2n) is 4.02. The van der Waals surface area contributed by atoms with E-state index in [2.05, 4.69) is 34.3 Å². The summed E-state index contributed by atoms with van der Waals surface area (Å²) in [5, 5.41) is 9.68. The van der Waals surface area contributed by atoms with Gasteiger partial charge in [0, 0.05) is 0 Å². The Hall–Kier alpha value is -0.300. The summed E-state index contributed by atoms with van der Waals surface area (Å²) >= 11 is 0. The molecule has 0 aromatic carbocycles. The maximum absolute atomic E-state index is 9.68. The maximum Gasteiger partial charge on any atom is 0.0627 e. The smallest absolute Gasteiger partial charge is 0.0627 e. The van der Waals surface area contributed by atoms with Crippen molar-refractivity contribution in [3.05, 3.63) is 12.7 Å². The Labute approximate surface area is 70.1 Å². The second kappa shape index (κ2) is 3.91. The summed E-state index contributed by atoms with van der Waals surface area (Å²) in [4.78, 5) is 0. The standard InChI is InChI=1S/C10H20O/c1-6-7-9(11)10(4,5)8(2)3/h6,8-9,11H,1,7H2,2-5H3. The summed E-state index contributed by atoms with van der Waals surface area (Å²) in [7, 11) is 0. The van der Waals surface area contributed by atoms with Crippen LogP contribution in [0.5, 0.6) is 0 Å². The highest BCUT2D eigenvalue weighted by molar-refractivity contribution is 4.85. The van der Waals surface area contributed by atoms with Crippen molar-refractivity contribution in [3.8, 4) is 0 Å². The first-order valence-corrected chi connectivity index (χ1v) is 4.21. The molecule has 0 saturated carbocycles. The molecule has 0 fully saturated rings. The van der Waals surface area contributed by atoms with Crippen LogP contribution in [0.3, 0.4) is 0 Å². The van der Waals surface area contributed by atoms with E-state index in [1.807, 2.05) is 0 Å². The van der Waals surface area contributed by atoms with Crippen molar-refractivity contribution in [1.29, 1.82) is 0 Å². The zero-order valence-corrected chi connectivity index (χ0v) is 8.09. The van der Waals surface area contributed by atoms with Gasteiger partial charge in [-0.05, 0) is 17.8 Å². The molecule has 0 aliphatic heterocycles. The fourth-order valence-electron chi connectivity index (χ4n) is 0.846. The zero-order chi connectivity index (χ0) is 9.07. The Balaban J connectivity index is 4.16. The van der Waals surface area contributed by atoms with Crippen LogP contribution in [-0.2, 0) is 0 Å². The predicted octanol–water partition coefficient (Wildman–Crippen LogP) is 2.61. The largest absolute Gasteiger partial charge is 0.392 e. The van der Waals surface area contributed by atoms with E-state index in [1.165, 1.54) is 0 Å². The van der Waals surface area contributed by atoms with Crippen LogP contribution in [0.4, 0.5) is 0 Å². The Morgan fingerprint density at radius 2 is 1.91 bits per heavy atom.